The number of hydrogen-bond acceptors (Lipinski definition) is 4. The highest BCUT2D eigenvalue weighted by Gasteiger charge is 2.60. The fraction of sp³-hybridized carbons (Fsp3) is 0.870. The molecule has 0 spiro atoms. The van der Waals surface area contributed by atoms with Gasteiger partial charge in [-0.1, -0.05) is 37.8 Å². The van der Waals surface area contributed by atoms with Crippen molar-refractivity contribution in [3.63, 3.8) is 0 Å². The van der Waals surface area contributed by atoms with Gasteiger partial charge < -0.3 is 14.2 Å². The average Bonchev–Trinajstić information content (AvgIpc) is 3.47. The van der Waals surface area contributed by atoms with E-state index in [-0.39, 0.29) is 12.1 Å². The Balaban J connectivity index is 0.943. The van der Waals surface area contributed by atoms with Crippen LogP contribution in [-0.2, 0) is 19.0 Å². The van der Waals surface area contributed by atoms with E-state index in [9.17, 15) is 4.79 Å². The van der Waals surface area contributed by atoms with E-state index in [2.05, 4.69) is 12.2 Å². The van der Waals surface area contributed by atoms with Crippen molar-refractivity contribution in [1.82, 2.24) is 0 Å². The number of unbranched alkanes of at least 4 members (excludes halogenated alkanes) is 3. The summed E-state index contributed by atoms with van der Waals surface area (Å²) in [5, 5.41) is 0. The maximum absolute atomic E-state index is 11.8. The van der Waals surface area contributed by atoms with Gasteiger partial charge in [-0.2, -0.15) is 0 Å². The van der Waals surface area contributed by atoms with Gasteiger partial charge >= 0.3 is 5.97 Å². The molecule has 0 aromatic rings. The molecule has 0 radical (unpaired) electrons. The molecule has 4 aliphatic carbocycles. The Hall–Kier alpha value is -0.870. The number of ether oxygens (including phenoxy) is 3. The van der Waals surface area contributed by atoms with E-state index in [1.54, 1.807) is 0 Å². The molecule has 8 atom stereocenters. The zero-order chi connectivity index (χ0) is 18.2. The molecule has 27 heavy (non-hydrogen) atoms. The summed E-state index contributed by atoms with van der Waals surface area (Å²) in [6, 6.07) is 0. The standard InChI is InChI=1S/C23H34O4/c24-21(26-13-19-12-25-14-27-19)6-4-2-1-3-5-15-9-18-11-20(15)23-17-8-7-16(10-17)22(18)23/h7-8,15-20,22-23H,1-6,9-14H2. The van der Waals surface area contributed by atoms with E-state index in [0.29, 0.717) is 26.4 Å². The number of hydrogen-bond donors (Lipinski definition) is 0. The second-order valence-electron chi connectivity index (χ2n) is 9.67. The van der Waals surface area contributed by atoms with Crippen molar-refractivity contribution in [2.24, 2.45) is 41.4 Å². The van der Waals surface area contributed by atoms with E-state index in [4.69, 9.17) is 14.2 Å². The smallest absolute Gasteiger partial charge is 0.305 e. The average molecular weight is 375 g/mol. The molecule has 4 fully saturated rings. The largest absolute Gasteiger partial charge is 0.463 e. The molecule has 8 unspecified atom stereocenters. The van der Waals surface area contributed by atoms with Gasteiger partial charge in [0.25, 0.3) is 0 Å². The first kappa shape index (κ1) is 18.2. The van der Waals surface area contributed by atoms with E-state index in [0.717, 1.165) is 54.3 Å². The Labute approximate surface area is 163 Å². The lowest BCUT2D eigenvalue weighted by atomic mass is 9.68. The lowest BCUT2D eigenvalue weighted by molar-refractivity contribution is -0.146. The van der Waals surface area contributed by atoms with Gasteiger partial charge in [0.2, 0.25) is 0 Å². The lowest BCUT2D eigenvalue weighted by Gasteiger charge is -2.36. The van der Waals surface area contributed by atoms with Crippen LogP contribution in [0.15, 0.2) is 12.2 Å². The van der Waals surface area contributed by atoms with Gasteiger partial charge in [0, 0.05) is 6.42 Å². The van der Waals surface area contributed by atoms with Gasteiger partial charge in [-0.15, -0.1) is 0 Å². The highest BCUT2D eigenvalue weighted by Crippen LogP contribution is 2.67. The van der Waals surface area contributed by atoms with Crippen LogP contribution in [0.25, 0.3) is 0 Å². The molecule has 0 N–H and O–H groups in total. The summed E-state index contributed by atoms with van der Waals surface area (Å²) < 4.78 is 15.6. The van der Waals surface area contributed by atoms with Crippen LogP contribution in [0, 0.1) is 41.4 Å². The molecule has 4 heteroatoms. The fourth-order valence-electron chi connectivity index (χ4n) is 7.24. The van der Waals surface area contributed by atoms with Crippen LogP contribution in [0.5, 0.6) is 0 Å². The van der Waals surface area contributed by atoms with Crippen LogP contribution in [0.2, 0.25) is 0 Å². The summed E-state index contributed by atoms with van der Waals surface area (Å²) >= 11 is 0. The Morgan fingerprint density at radius 3 is 2.70 bits per heavy atom. The Morgan fingerprint density at radius 2 is 1.85 bits per heavy atom. The van der Waals surface area contributed by atoms with Crippen LogP contribution < -0.4 is 0 Å². The highest BCUT2D eigenvalue weighted by atomic mass is 16.7. The van der Waals surface area contributed by atoms with Gasteiger partial charge in [0.05, 0.1) is 6.61 Å². The van der Waals surface area contributed by atoms with Crippen molar-refractivity contribution in [1.29, 1.82) is 0 Å². The molecule has 5 aliphatic rings. The predicted octanol–water partition coefficient (Wildman–Crippen LogP) is 4.34. The van der Waals surface area contributed by atoms with Gasteiger partial charge in [-0.3, -0.25) is 4.79 Å². The first-order valence-corrected chi connectivity index (χ1v) is 11.3. The number of rotatable bonds is 9. The summed E-state index contributed by atoms with van der Waals surface area (Å²) in [4.78, 5) is 11.8. The van der Waals surface area contributed by atoms with Gasteiger partial charge in [-0.05, 0) is 67.1 Å². The number of allylic oxidation sites excluding steroid dienone is 2. The summed E-state index contributed by atoms with van der Waals surface area (Å²) in [6.45, 7) is 1.20. The molecule has 0 amide bonds. The van der Waals surface area contributed by atoms with Crippen molar-refractivity contribution >= 4 is 5.97 Å². The van der Waals surface area contributed by atoms with E-state index < -0.39 is 0 Å². The monoisotopic (exact) mass is 374 g/mol. The second kappa shape index (κ2) is 7.87. The zero-order valence-corrected chi connectivity index (χ0v) is 16.4. The summed E-state index contributed by atoms with van der Waals surface area (Å²) in [6.07, 6.45) is 16.2. The minimum absolute atomic E-state index is 0.0686. The predicted molar refractivity (Wildman–Crippen MR) is 102 cm³/mol. The molecule has 4 nitrogen and oxygen atoms in total. The number of carbonyl (C=O) groups excluding carboxylic acids is 1. The van der Waals surface area contributed by atoms with Crippen molar-refractivity contribution in [3.8, 4) is 0 Å². The molecule has 1 aliphatic heterocycles. The Kier molecular flexibility index (Phi) is 5.30. The van der Waals surface area contributed by atoms with Crippen LogP contribution in [0.4, 0.5) is 0 Å². The third-order valence-corrected chi connectivity index (χ3v) is 8.23. The van der Waals surface area contributed by atoms with Crippen molar-refractivity contribution in [3.05, 3.63) is 12.2 Å². The lowest BCUT2D eigenvalue weighted by Crippen LogP contribution is -2.30. The molecule has 5 rings (SSSR count). The topological polar surface area (TPSA) is 44.8 Å². The first-order chi connectivity index (χ1) is 13.3. The summed E-state index contributed by atoms with van der Waals surface area (Å²) in [5.41, 5.74) is 0. The Bertz CT molecular complexity index is 567. The summed E-state index contributed by atoms with van der Waals surface area (Å²) in [5.74, 6) is 7.00. The molecule has 0 aromatic heterocycles. The fourth-order valence-corrected chi connectivity index (χ4v) is 7.24. The molecule has 1 saturated heterocycles. The molecule has 1 heterocycles. The molecule has 0 aromatic carbocycles. The van der Waals surface area contributed by atoms with Crippen LogP contribution in [0.3, 0.4) is 0 Å². The second-order valence-corrected chi connectivity index (χ2v) is 9.67. The van der Waals surface area contributed by atoms with E-state index in [1.165, 1.54) is 38.5 Å². The number of esters is 1. The zero-order valence-electron chi connectivity index (χ0n) is 16.4. The minimum atomic E-state index is -0.0889. The van der Waals surface area contributed by atoms with Gasteiger partial charge in [-0.25, -0.2) is 0 Å². The van der Waals surface area contributed by atoms with Gasteiger partial charge in [0.15, 0.2) is 0 Å². The van der Waals surface area contributed by atoms with Crippen molar-refractivity contribution in [2.45, 2.75) is 63.9 Å². The molecule has 150 valence electrons. The van der Waals surface area contributed by atoms with Crippen LogP contribution in [-0.4, -0.2) is 32.1 Å². The van der Waals surface area contributed by atoms with Crippen molar-refractivity contribution < 1.29 is 19.0 Å². The minimum Gasteiger partial charge on any atom is -0.463 e. The maximum Gasteiger partial charge on any atom is 0.305 e. The van der Waals surface area contributed by atoms with E-state index in [1.807, 2.05) is 0 Å². The van der Waals surface area contributed by atoms with Crippen LogP contribution >= 0.6 is 0 Å². The highest BCUT2D eigenvalue weighted by molar-refractivity contribution is 5.69. The normalized spacial score (nSPS) is 43.6. The molecule has 3 saturated carbocycles. The SMILES string of the molecule is O=C(CCCCCCC1CC2CC1C1C3C=CC(C3)C21)OCC1COCO1. The molecule has 4 bridgehead atoms. The third kappa shape index (κ3) is 3.60. The van der Waals surface area contributed by atoms with Crippen LogP contribution in [0.1, 0.15) is 57.8 Å². The maximum atomic E-state index is 11.8. The number of carbonyl (C=O) groups is 1. The molecular weight excluding hydrogens is 340 g/mol. The molecular formula is C23H34O4. The first-order valence-electron chi connectivity index (χ1n) is 11.3. The van der Waals surface area contributed by atoms with E-state index >= 15 is 0 Å². The van der Waals surface area contributed by atoms with Crippen molar-refractivity contribution in [2.75, 3.05) is 20.0 Å². The third-order valence-electron chi connectivity index (χ3n) is 8.23. The van der Waals surface area contributed by atoms with Gasteiger partial charge in [0.1, 0.15) is 19.5 Å². The quantitative estimate of drug-likeness (QED) is 0.261. The Morgan fingerprint density at radius 1 is 1.00 bits per heavy atom. The summed E-state index contributed by atoms with van der Waals surface area (Å²) in [7, 11) is 0. The number of fused-ring (bicyclic) bond motifs is 9.